The van der Waals surface area contributed by atoms with Gasteiger partial charge < -0.3 is 0 Å². The molecule has 4 rings (SSSR count). The molecule has 0 fully saturated rings. The molecule has 0 aliphatic carbocycles. The molecule has 0 radical (unpaired) electrons. The fraction of sp³-hybridized carbons (Fsp3) is 0.333. The van der Waals surface area contributed by atoms with Gasteiger partial charge in [-0.15, -0.1) is 0 Å². The Morgan fingerprint density at radius 2 is 0.853 bits per heavy atom. The molecule has 0 aromatic carbocycles. The Balaban J connectivity index is 0.000000202. The van der Waals surface area contributed by atoms with E-state index in [1.807, 2.05) is 49.1 Å². The predicted molar refractivity (Wildman–Crippen MR) is 142 cm³/mol. The number of unbranched alkanes of at least 4 members (excludes halogenated alkanes) is 2. The highest BCUT2D eigenvalue weighted by Crippen LogP contribution is 2.19. The van der Waals surface area contributed by atoms with Gasteiger partial charge in [0.2, 0.25) is 0 Å². The lowest BCUT2D eigenvalue weighted by Crippen LogP contribution is -1.93. The van der Waals surface area contributed by atoms with Crippen LogP contribution < -0.4 is 0 Å². The predicted octanol–water partition coefficient (Wildman–Crippen LogP) is 7.59. The lowest BCUT2D eigenvalue weighted by atomic mass is 10.1. The second-order valence-corrected chi connectivity index (χ2v) is 8.74. The molecule has 34 heavy (non-hydrogen) atoms. The van der Waals surface area contributed by atoms with Crippen molar-refractivity contribution in [3.63, 3.8) is 0 Å². The van der Waals surface area contributed by atoms with E-state index in [-0.39, 0.29) is 0 Å². The number of nitrogens with zero attached hydrogens (tertiary/aromatic N) is 4. The van der Waals surface area contributed by atoms with E-state index < -0.39 is 0 Å². The van der Waals surface area contributed by atoms with Crippen molar-refractivity contribution in [2.45, 2.75) is 66.2 Å². The molecule has 0 N–H and O–H groups in total. The molecule has 0 spiro atoms. The van der Waals surface area contributed by atoms with Gasteiger partial charge >= 0.3 is 0 Å². The Morgan fingerprint density at radius 1 is 0.500 bits per heavy atom. The highest BCUT2D eigenvalue weighted by atomic mass is 14.8. The molecule has 4 aromatic rings. The maximum atomic E-state index is 4.48. The normalized spacial score (nSPS) is 10.5. The molecule has 0 saturated heterocycles. The van der Waals surface area contributed by atoms with Gasteiger partial charge in [-0.05, 0) is 110 Å². The lowest BCUT2D eigenvalue weighted by Gasteiger charge is -2.06. The Bertz CT molecular complexity index is 1080. The third-order valence-corrected chi connectivity index (χ3v) is 5.64. The number of aryl methyl sites for hydroxylation is 4. The van der Waals surface area contributed by atoms with Crippen molar-refractivity contribution in [2.24, 2.45) is 0 Å². The molecule has 0 bridgehead atoms. The summed E-state index contributed by atoms with van der Waals surface area (Å²) in [4.78, 5) is 17.5. The van der Waals surface area contributed by atoms with Crippen molar-refractivity contribution >= 4 is 0 Å². The number of hydrogen-bond acceptors (Lipinski definition) is 4. The first kappa shape index (κ1) is 25.2. The van der Waals surface area contributed by atoms with E-state index in [1.54, 1.807) is 0 Å². The summed E-state index contributed by atoms with van der Waals surface area (Å²) in [5.41, 5.74) is 9.00. The van der Waals surface area contributed by atoms with E-state index >= 15 is 0 Å². The van der Waals surface area contributed by atoms with E-state index in [4.69, 9.17) is 0 Å². The molecule has 4 aromatic heterocycles. The first-order valence-corrected chi connectivity index (χ1v) is 12.3. The van der Waals surface area contributed by atoms with Crippen LogP contribution in [0.15, 0.2) is 73.3 Å². The number of hydrogen-bond donors (Lipinski definition) is 0. The van der Waals surface area contributed by atoms with Crippen molar-refractivity contribution in [2.75, 3.05) is 0 Å². The maximum absolute atomic E-state index is 4.48. The second kappa shape index (κ2) is 13.3. The Labute approximate surface area is 204 Å². The third kappa shape index (κ3) is 7.87. The minimum Gasteiger partial charge on any atom is -0.255 e. The van der Waals surface area contributed by atoms with Crippen molar-refractivity contribution in [1.29, 1.82) is 0 Å². The summed E-state index contributed by atoms with van der Waals surface area (Å²) in [5, 5.41) is 0. The Hall–Kier alpha value is -3.40. The highest BCUT2D eigenvalue weighted by Gasteiger charge is 2.04. The van der Waals surface area contributed by atoms with E-state index in [1.165, 1.54) is 47.9 Å². The summed E-state index contributed by atoms with van der Waals surface area (Å²) in [5.74, 6) is 0. The first-order valence-electron chi connectivity index (χ1n) is 12.3. The van der Waals surface area contributed by atoms with Crippen molar-refractivity contribution in [3.8, 4) is 22.8 Å². The van der Waals surface area contributed by atoms with Gasteiger partial charge in [0.1, 0.15) is 0 Å². The van der Waals surface area contributed by atoms with Gasteiger partial charge in [0.05, 0.1) is 22.8 Å². The number of aromatic nitrogens is 4. The van der Waals surface area contributed by atoms with Crippen LogP contribution in [0.3, 0.4) is 0 Å². The largest absolute Gasteiger partial charge is 0.255 e. The molecule has 0 unspecified atom stereocenters. The molecule has 0 atom stereocenters. The topological polar surface area (TPSA) is 51.6 Å². The molecule has 4 heteroatoms. The summed E-state index contributed by atoms with van der Waals surface area (Å²) >= 11 is 0. The van der Waals surface area contributed by atoms with Crippen LogP contribution in [0.4, 0.5) is 0 Å². The zero-order valence-electron chi connectivity index (χ0n) is 21.0. The maximum Gasteiger partial charge on any atom is 0.0888 e. The van der Waals surface area contributed by atoms with Crippen LogP contribution in [0.5, 0.6) is 0 Å². The van der Waals surface area contributed by atoms with Gasteiger partial charge in [0.25, 0.3) is 0 Å². The van der Waals surface area contributed by atoms with Crippen LogP contribution in [0.25, 0.3) is 22.8 Å². The average molecular weight is 453 g/mol. The van der Waals surface area contributed by atoms with Crippen LogP contribution in [-0.4, -0.2) is 19.9 Å². The summed E-state index contributed by atoms with van der Waals surface area (Å²) in [7, 11) is 0. The second-order valence-electron chi connectivity index (χ2n) is 8.74. The van der Waals surface area contributed by atoms with Gasteiger partial charge in [-0.2, -0.15) is 0 Å². The first-order chi connectivity index (χ1) is 16.6. The number of pyridine rings is 4. The van der Waals surface area contributed by atoms with E-state index in [0.29, 0.717) is 0 Å². The monoisotopic (exact) mass is 452 g/mol. The zero-order chi connectivity index (χ0) is 24.2. The van der Waals surface area contributed by atoms with Crippen molar-refractivity contribution in [1.82, 2.24) is 19.9 Å². The molecule has 176 valence electrons. The fourth-order valence-electron chi connectivity index (χ4n) is 3.65. The van der Waals surface area contributed by atoms with Crippen molar-refractivity contribution < 1.29 is 0 Å². The van der Waals surface area contributed by atoms with E-state index in [2.05, 4.69) is 71.9 Å². The summed E-state index contributed by atoms with van der Waals surface area (Å²) in [6.07, 6.45) is 14.6. The fourth-order valence-corrected chi connectivity index (χ4v) is 3.65. The molecule has 0 saturated carbocycles. The lowest BCUT2D eigenvalue weighted by molar-refractivity contribution is 0.793. The zero-order valence-corrected chi connectivity index (χ0v) is 21.0. The molecule has 0 aliphatic heterocycles. The molecular weight excluding hydrogens is 416 g/mol. The van der Waals surface area contributed by atoms with Gasteiger partial charge in [0.15, 0.2) is 0 Å². The third-order valence-electron chi connectivity index (χ3n) is 5.64. The minimum absolute atomic E-state index is 0.939. The summed E-state index contributed by atoms with van der Waals surface area (Å²) in [6.45, 7) is 8.56. The quantitative estimate of drug-likeness (QED) is 0.276. The van der Waals surface area contributed by atoms with Crippen LogP contribution in [0, 0.1) is 13.8 Å². The van der Waals surface area contributed by atoms with Crippen LogP contribution in [0.1, 0.15) is 61.8 Å². The van der Waals surface area contributed by atoms with E-state index in [9.17, 15) is 0 Å². The molecule has 0 amide bonds. The van der Waals surface area contributed by atoms with Crippen LogP contribution in [-0.2, 0) is 12.8 Å². The Kier molecular flexibility index (Phi) is 9.90. The van der Waals surface area contributed by atoms with E-state index in [0.717, 1.165) is 35.6 Å². The Morgan fingerprint density at radius 3 is 1.21 bits per heavy atom. The smallest absolute Gasteiger partial charge is 0.0888 e. The van der Waals surface area contributed by atoms with Gasteiger partial charge in [-0.3, -0.25) is 19.9 Å². The minimum atomic E-state index is 0.939. The van der Waals surface area contributed by atoms with Crippen molar-refractivity contribution in [3.05, 3.63) is 95.6 Å². The SMILES string of the molecule is CCCCc1ccnc(-c2cc(CCCC)ccn2)c1.Cc1ccnc(-c2cc(C)ccn2)c1. The molecular formula is C30H36N4. The molecule has 0 aliphatic rings. The van der Waals surface area contributed by atoms with Crippen LogP contribution >= 0.6 is 0 Å². The van der Waals surface area contributed by atoms with Crippen LogP contribution in [0.2, 0.25) is 0 Å². The van der Waals surface area contributed by atoms with Gasteiger partial charge in [-0.1, -0.05) is 26.7 Å². The number of rotatable bonds is 8. The highest BCUT2D eigenvalue weighted by molar-refractivity contribution is 5.56. The average Bonchev–Trinajstić information content (AvgIpc) is 2.87. The molecule has 4 nitrogen and oxygen atoms in total. The summed E-state index contributed by atoms with van der Waals surface area (Å²) in [6, 6.07) is 16.6. The molecule has 4 heterocycles. The summed E-state index contributed by atoms with van der Waals surface area (Å²) < 4.78 is 0. The standard InChI is InChI=1S/C18H24N2.C12H12N2/c1-3-5-7-15-9-11-19-17(13-15)18-14-16(8-6-4-2)10-12-20-18;1-9-3-5-13-11(7-9)12-8-10(2)4-6-14-12/h9-14H,3-8H2,1-2H3;3-8H,1-2H3. The van der Waals surface area contributed by atoms with Gasteiger partial charge in [-0.25, -0.2) is 0 Å². The van der Waals surface area contributed by atoms with Gasteiger partial charge in [0, 0.05) is 24.8 Å².